The lowest BCUT2D eigenvalue weighted by Gasteiger charge is -2.07. The number of para-hydroxylation sites is 1. The number of hydrogen-bond donors (Lipinski definition) is 3. The first-order valence-corrected chi connectivity index (χ1v) is 10.3. The molecule has 0 saturated heterocycles. The molecule has 8 heteroatoms. The number of aromatic nitrogens is 2. The molecule has 0 atom stereocenters. The van der Waals surface area contributed by atoms with Gasteiger partial charge in [0.2, 0.25) is 0 Å². The van der Waals surface area contributed by atoms with Crippen molar-refractivity contribution in [1.82, 2.24) is 20.4 Å². The second kappa shape index (κ2) is 8.99. The minimum absolute atomic E-state index is 0.0299. The molecule has 31 heavy (non-hydrogen) atoms. The number of phenols is 1. The number of nitrogens with one attached hydrogen (secondary N) is 2. The number of halogens is 1. The van der Waals surface area contributed by atoms with Crippen LogP contribution in [0.3, 0.4) is 0 Å². The van der Waals surface area contributed by atoms with Crippen LogP contribution >= 0.6 is 0 Å². The van der Waals surface area contributed by atoms with E-state index in [2.05, 4.69) is 15.7 Å². The maximum atomic E-state index is 14.2. The molecule has 7 nitrogen and oxygen atoms in total. The zero-order valence-corrected chi connectivity index (χ0v) is 16.9. The summed E-state index contributed by atoms with van der Waals surface area (Å²) in [6.45, 7) is 0.733. The van der Waals surface area contributed by atoms with E-state index in [4.69, 9.17) is 0 Å². The molecule has 2 amide bonds. The minimum Gasteiger partial charge on any atom is -0.508 e. The molecule has 0 radical (unpaired) electrons. The van der Waals surface area contributed by atoms with Crippen LogP contribution in [-0.4, -0.2) is 39.8 Å². The lowest BCUT2D eigenvalue weighted by atomic mass is 10.2. The number of rotatable bonds is 7. The fourth-order valence-electron chi connectivity index (χ4n) is 3.77. The third-order valence-electron chi connectivity index (χ3n) is 5.26. The summed E-state index contributed by atoms with van der Waals surface area (Å²) in [5.41, 5.74) is 2.80. The first kappa shape index (κ1) is 20.6. The van der Waals surface area contributed by atoms with Crippen molar-refractivity contribution < 1.29 is 19.1 Å². The van der Waals surface area contributed by atoms with Gasteiger partial charge in [-0.2, -0.15) is 5.10 Å². The second-order valence-corrected chi connectivity index (χ2v) is 7.41. The number of aromatic hydroxyl groups is 1. The van der Waals surface area contributed by atoms with E-state index in [9.17, 15) is 19.1 Å². The molecule has 2 aromatic carbocycles. The quantitative estimate of drug-likeness (QED) is 0.510. The van der Waals surface area contributed by atoms with Gasteiger partial charge in [0, 0.05) is 29.9 Å². The Balaban J connectivity index is 1.34. The van der Waals surface area contributed by atoms with E-state index in [1.54, 1.807) is 35.0 Å². The summed E-state index contributed by atoms with van der Waals surface area (Å²) >= 11 is 0. The lowest BCUT2D eigenvalue weighted by Crippen LogP contribution is -2.30. The van der Waals surface area contributed by atoms with Crippen molar-refractivity contribution in [3.8, 4) is 11.4 Å². The van der Waals surface area contributed by atoms with Crippen LogP contribution in [0.5, 0.6) is 5.75 Å². The van der Waals surface area contributed by atoms with E-state index >= 15 is 0 Å². The topological polar surface area (TPSA) is 96.3 Å². The van der Waals surface area contributed by atoms with Crippen molar-refractivity contribution in [3.05, 3.63) is 76.9 Å². The fraction of sp³-hybridized carbons (Fsp3) is 0.261. The van der Waals surface area contributed by atoms with E-state index in [1.807, 2.05) is 0 Å². The Kier molecular flexibility index (Phi) is 5.97. The van der Waals surface area contributed by atoms with Crippen LogP contribution in [0.4, 0.5) is 4.39 Å². The van der Waals surface area contributed by atoms with E-state index in [1.165, 1.54) is 18.2 Å². The summed E-state index contributed by atoms with van der Waals surface area (Å²) in [6, 6.07) is 12.5. The van der Waals surface area contributed by atoms with E-state index in [-0.39, 0.29) is 23.4 Å². The summed E-state index contributed by atoms with van der Waals surface area (Å²) in [5, 5.41) is 19.4. The van der Waals surface area contributed by atoms with Crippen molar-refractivity contribution in [2.75, 3.05) is 13.1 Å². The molecule has 0 unspecified atom stereocenters. The van der Waals surface area contributed by atoms with Crippen molar-refractivity contribution in [1.29, 1.82) is 0 Å². The fourth-order valence-corrected chi connectivity index (χ4v) is 3.77. The number of benzene rings is 2. The molecule has 1 aliphatic carbocycles. The summed E-state index contributed by atoms with van der Waals surface area (Å²) < 4.78 is 15.8. The molecular weight excluding hydrogens is 399 g/mol. The zero-order valence-electron chi connectivity index (χ0n) is 16.9. The van der Waals surface area contributed by atoms with Crippen molar-refractivity contribution in [2.24, 2.45) is 0 Å². The van der Waals surface area contributed by atoms with Gasteiger partial charge in [-0.15, -0.1) is 0 Å². The van der Waals surface area contributed by atoms with Crippen LogP contribution in [0.1, 0.15) is 44.9 Å². The van der Waals surface area contributed by atoms with Gasteiger partial charge < -0.3 is 15.7 Å². The third-order valence-corrected chi connectivity index (χ3v) is 5.26. The molecular formula is C23H23FN4O3. The molecule has 0 aliphatic heterocycles. The van der Waals surface area contributed by atoms with Gasteiger partial charge >= 0.3 is 0 Å². The van der Waals surface area contributed by atoms with Gasteiger partial charge in [-0.25, -0.2) is 9.07 Å². The van der Waals surface area contributed by atoms with Gasteiger partial charge in [0.1, 0.15) is 17.3 Å². The Morgan fingerprint density at radius 1 is 1.03 bits per heavy atom. The first-order chi connectivity index (χ1) is 15.0. The van der Waals surface area contributed by atoms with Crippen LogP contribution in [0.15, 0.2) is 48.5 Å². The molecule has 0 bridgehead atoms. The van der Waals surface area contributed by atoms with E-state index < -0.39 is 0 Å². The standard InChI is InChI=1S/C23H23FN4O3/c24-18-9-1-2-10-20(18)28-19-11-4-8-17(19)21(27-28)23(31)26-13-5-12-25-22(30)15-6-3-7-16(29)14-15/h1-3,6-7,9-10,14,29H,4-5,8,11-13H2,(H,25,30)(H,26,31). The zero-order chi connectivity index (χ0) is 21.8. The molecule has 4 rings (SSSR count). The maximum Gasteiger partial charge on any atom is 0.272 e. The van der Waals surface area contributed by atoms with E-state index in [0.29, 0.717) is 36.5 Å². The number of nitrogens with zero attached hydrogens (tertiary/aromatic N) is 2. The van der Waals surface area contributed by atoms with Crippen LogP contribution in [0.25, 0.3) is 5.69 Å². The summed E-state index contributed by atoms with van der Waals surface area (Å²) in [5.74, 6) is -0.937. The number of carbonyl (C=O) groups is 2. The average molecular weight is 422 g/mol. The molecule has 160 valence electrons. The maximum absolute atomic E-state index is 14.2. The van der Waals surface area contributed by atoms with E-state index in [0.717, 1.165) is 30.5 Å². The van der Waals surface area contributed by atoms with Gasteiger partial charge in [0.25, 0.3) is 11.8 Å². The third kappa shape index (κ3) is 4.42. The highest BCUT2D eigenvalue weighted by Gasteiger charge is 2.27. The molecule has 3 N–H and O–H groups in total. The van der Waals surface area contributed by atoms with Gasteiger partial charge in [-0.1, -0.05) is 18.2 Å². The predicted octanol–water partition coefficient (Wildman–Crippen LogP) is 2.76. The van der Waals surface area contributed by atoms with Gasteiger partial charge in [0.15, 0.2) is 5.69 Å². The Bertz CT molecular complexity index is 1130. The number of phenolic OH excluding ortho intramolecular Hbond substituents is 1. The first-order valence-electron chi connectivity index (χ1n) is 10.3. The highest BCUT2D eigenvalue weighted by Crippen LogP contribution is 2.28. The smallest absolute Gasteiger partial charge is 0.272 e. The molecule has 0 fully saturated rings. The van der Waals surface area contributed by atoms with Crippen LogP contribution in [0.2, 0.25) is 0 Å². The number of fused-ring (bicyclic) bond motifs is 1. The average Bonchev–Trinajstić information content (AvgIpc) is 3.37. The normalized spacial score (nSPS) is 12.4. The summed E-state index contributed by atoms with van der Waals surface area (Å²) in [4.78, 5) is 24.7. The predicted molar refractivity (Wildman–Crippen MR) is 113 cm³/mol. The summed E-state index contributed by atoms with van der Waals surface area (Å²) in [7, 11) is 0. The Labute approximate surface area is 178 Å². The highest BCUT2D eigenvalue weighted by atomic mass is 19.1. The lowest BCUT2D eigenvalue weighted by molar-refractivity contribution is 0.0946. The molecule has 0 spiro atoms. The van der Waals surface area contributed by atoms with Crippen LogP contribution in [-0.2, 0) is 12.8 Å². The molecule has 0 saturated carbocycles. The van der Waals surface area contributed by atoms with Gasteiger partial charge in [-0.05, 0) is 56.0 Å². The van der Waals surface area contributed by atoms with Crippen LogP contribution in [0, 0.1) is 5.82 Å². The number of carbonyl (C=O) groups excluding carboxylic acids is 2. The molecule has 1 aliphatic rings. The van der Waals surface area contributed by atoms with Crippen molar-refractivity contribution >= 4 is 11.8 Å². The van der Waals surface area contributed by atoms with Crippen LogP contribution < -0.4 is 10.6 Å². The molecule has 1 heterocycles. The Hall–Kier alpha value is -3.68. The highest BCUT2D eigenvalue weighted by molar-refractivity contribution is 5.95. The Morgan fingerprint density at radius 3 is 2.58 bits per heavy atom. The van der Waals surface area contributed by atoms with Gasteiger partial charge in [-0.3, -0.25) is 9.59 Å². The van der Waals surface area contributed by atoms with Crippen molar-refractivity contribution in [3.63, 3.8) is 0 Å². The minimum atomic E-state index is -0.380. The monoisotopic (exact) mass is 422 g/mol. The van der Waals surface area contributed by atoms with Crippen molar-refractivity contribution in [2.45, 2.75) is 25.7 Å². The molecule has 3 aromatic rings. The second-order valence-electron chi connectivity index (χ2n) is 7.41. The largest absolute Gasteiger partial charge is 0.508 e. The molecule has 1 aromatic heterocycles. The summed E-state index contributed by atoms with van der Waals surface area (Å²) in [6.07, 6.45) is 2.94. The van der Waals surface area contributed by atoms with Gasteiger partial charge in [0.05, 0.1) is 0 Å². The number of amides is 2. The SMILES string of the molecule is O=C(NCCCNC(=O)c1nn(-c2ccccc2F)c2c1CCC2)c1cccc(O)c1. The Morgan fingerprint density at radius 2 is 1.81 bits per heavy atom. The number of hydrogen-bond acceptors (Lipinski definition) is 4.